The van der Waals surface area contributed by atoms with E-state index in [1.54, 1.807) is 14.2 Å². The Morgan fingerprint density at radius 1 is 0.962 bits per heavy atom. The van der Waals surface area contributed by atoms with E-state index in [2.05, 4.69) is 10.6 Å². The smallest absolute Gasteiger partial charge is 0.256 e. The van der Waals surface area contributed by atoms with Gasteiger partial charge in [-0.15, -0.1) is 11.3 Å². The summed E-state index contributed by atoms with van der Waals surface area (Å²) in [6.07, 6.45) is -0.322. The summed E-state index contributed by atoms with van der Waals surface area (Å²) in [6, 6.07) is 15.5. The fraction of sp³-hybridized carbons (Fsp3) is 0.150. The maximum Gasteiger partial charge on any atom is 0.256 e. The van der Waals surface area contributed by atoms with Crippen molar-refractivity contribution >= 4 is 22.2 Å². The Hall–Kier alpha value is -2.99. The molecular formula is C20H18N2O3S. The number of thiophene rings is 1. The number of amides is 1. The van der Waals surface area contributed by atoms with E-state index in [-0.39, 0.29) is 12.1 Å². The summed E-state index contributed by atoms with van der Waals surface area (Å²) in [6.45, 7) is 0. The van der Waals surface area contributed by atoms with Gasteiger partial charge in [0.25, 0.3) is 5.91 Å². The molecule has 0 fully saturated rings. The maximum absolute atomic E-state index is 12.8. The normalized spacial score (nSPS) is 15.6. The molecule has 0 spiro atoms. The first-order valence-electron chi connectivity index (χ1n) is 8.17. The SMILES string of the molecule is COc1ccc([C@@H]2NC(=O)c3c(-c4ccccc4)csc3N2)cc1OC. The fourth-order valence-electron chi connectivity index (χ4n) is 3.09. The molecule has 2 aromatic carbocycles. The van der Waals surface area contributed by atoms with Gasteiger partial charge in [-0.05, 0) is 23.3 Å². The zero-order valence-corrected chi connectivity index (χ0v) is 15.2. The van der Waals surface area contributed by atoms with Crippen LogP contribution in [0.1, 0.15) is 22.1 Å². The van der Waals surface area contributed by atoms with Crippen molar-refractivity contribution in [2.24, 2.45) is 0 Å². The van der Waals surface area contributed by atoms with E-state index < -0.39 is 0 Å². The molecule has 2 N–H and O–H groups in total. The summed E-state index contributed by atoms with van der Waals surface area (Å²) >= 11 is 1.54. The van der Waals surface area contributed by atoms with Crippen LogP contribution in [0.5, 0.6) is 11.5 Å². The molecule has 0 radical (unpaired) electrons. The second kappa shape index (κ2) is 6.72. The van der Waals surface area contributed by atoms with Crippen LogP contribution in [0.4, 0.5) is 5.00 Å². The lowest BCUT2D eigenvalue weighted by molar-refractivity contribution is 0.0937. The van der Waals surface area contributed by atoms with E-state index in [9.17, 15) is 4.79 Å². The van der Waals surface area contributed by atoms with Crippen molar-refractivity contribution in [1.82, 2.24) is 5.32 Å². The summed E-state index contributed by atoms with van der Waals surface area (Å²) < 4.78 is 10.6. The molecule has 1 atom stereocenters. The number of nitrogens with one attached hydrogen (secondary N) is 2. The lowest BCUT2D eigenvalue weighted by atomic mass is 10.0. The van der Waals surface area contributed by atoms with Gasteiger partial charge in [-0.2, -0.15) is 0 Å². The summed E-state index contributed by atoms with van der Waals surface area (Å²) in [7, 11) is 3.19. The molecule has 2 heterocycles. The van der Waals surface area contributed by atoms with Crippen LogP contribution >= 0.6 is 11.3 Å². The highest BCUT2D eigenvalue weighted by atomic mass is 32.1. The van der Waals surface area contributed by atoms with E-state index in [0.717, 1.165) is 21.7 Å². The van der Waals surface area contributed by atoms with E-state index in [0.29, 0.717) is 17.1 Å². The van der Waals surface area contributed by atoms with Crippen LogP contribution in [0.3, 0.4) is 0 Å². The zero-order valence-electron chi connectivity index (χ0n) is 14.4. The molecule has 3 aromatic rings. The molecule has 132 valence electrons. The first kappa shape index (κ1) is 16.5. The number of ether oxygens (including phenoxy) is 2. The maximum atomic E-state index is 12.8. The third-order valence-electron chi connectivity index (χ3n) is 4.39. The van der Waals surface area contributed by atoms with Crippen LogP contribution in [0.2, 0.25) is 0 Å². The second-order valence-corrected chi connectivity index (χ2v) is 6.76. The Morgan fingerprint density at radius 2 is 1.73 bits per heavy atom. The molecule has 0 bridgehead atoms. The molecule has 6 heteroatoms. The molecule has 5 nitrogen and oxygen atoms in total. The molecule has 26 heavy (non-hydrogen) atoms. The van der Waals surface area contributed by atoms with E-state index in [4.69, 9.17) is 9.47 Å². The lowest BCUT2D eigenvalue weighted by Crippen LogP contribution is -2.37. The van der Waals surface area contributed by atoms with Gasteiger partial charge in [0, 0.05) is 10.9 Å². The van der Waals surface area contributed by atoms with E-state index in [1.165, 1.54) is 11.3 Å². The van der Waals surface area contributed by atoms with Gasteiger partial charge < -0.3 is 20.1 Å². The monoisotopic (exact) mass is 366 g/mol. The number of rotatable bonds is 4. The average molecular weight is 366 g/mol. The van der Waals surface area contributed by atoms with Gasteiger partial charge >= 0.3 is 0 Å². The standard InChI is InChI=1S/C20H18N2O3S/c1-24-15-9-8-13(10-16(15)25-2)18-21-19(23)17-14(11-26-20(17)22-18)12-6-4-3-5-7-12/h3-11,18,22H,1-2H3,(H,21,23)/t18-/m1/s1. The highest BCUT2D eigenvalue weighted by Crippen LogP contribution is 2.40. The van der Waals surface area contributed by atoms with Gasteiger partial charge in [0.1, 0.15) is 11.2 Å². The first-order chi connectivity index (χ1) is 12.7. The molecule has 1 amide bonds. The van der Waals surface area contributed by atoms with Gasteiger partial charge in [-0.3, -0.25) is 4.79 Å². The first-order valence-corrected chi connectivity index (χ1v) is 9.05. The third kappa shape index (κ3) is 2.78. The minimum Gasteiger partial charge on any atom is -0.493 e. The molecule has 0 aliphatic carbocycles. The summed E-state index contributed by atoms with van der Waals surface area (Å²) in [5.41, 5.74) is 3.57. The van der Waals surface area contributed by atoms with E-state index in [1.807, 2.05) is 53.9 Å². The summed E-state index contributed by atoms with van der Waals surface area (Å²) in [5.74, 6) is 1.20. The average Bonchev–Trinajstić information content (AvgIpc) is 3.12. The fourth-order valence-corrected chi connectivity index (χ4v) is 4.09. The number of hydrogen-bond acceptors (Lipinski definition) is 5. The molecule has 1 aromatic heterocycles. The van der Waals surface area contributed by atoms with Crippen molar-refractivity contribution in [3.05, 3.63) is 65.0 Å². The Bertz CT molecular complexity index is 953. The minimum absolute atomic E-state index is 0.0846. The van der Waals surface area contributed by atoms with Crippen LogP contribution in [0.25, 0.3) is 11.1 Å². The van der Waals surface area contributed by atoms with Crippen molar-refractivity contribution in [2.75, 3.05) is 19.5 Å². The van der Waals surface area contributed by atoms with Crippen molar-refractivity contribution in [3.63, 3.8) is 0 Å². The van der Waals surface area contributed by atoms with Crippen molar-refractivity contribution < 1.29 is 14.3 Å². The molecular weight excluding hydrogens is 348 g/mol. The van der Waals surface area contributed by atoms with Gasteiger partial charge in [-0.1, -0.05) is 36.4 Å². The number of carbonyl (C=O) groups excluding carboxylic acids is 1. The number of anilines is 1. The van der Waals surface area contributed by atoms with Gasteiger partial charge in [0.05, 0.1) is 19.8 Å². The van der Waals surface area contributed by atoms with Crippen molar-refractivity contribution in [1.29, 1.82) is 0 Å². The molecule has 1 aliphatic rings. The summed E-state index contributed by atoms with van der Waals surface area (Å²) in [5, 5.41) is 9.33. The largest absolute Gasteiger partial charge is 0.493 e. The highest BCUT2D eigenvalue weighted by Gasteiger charge is 2.29. The Labute approximate surface area is 155 Å². The quantitative estimate of drug-likeness (QED) is 0.723. The van der Waals surface area contributed by atoms with Gasteiger partial charge in [-0.25, -0.2) is 0 Å². The number of fused-ring (bicyclic) bond motifs is 1. The highest BCUT2D eigenvalue weighted by molar-refractivity contribution is 7.15. The van der Waals surface area contributed by atoms with Gasteiger partial charge in [0.15, 0.2) is 11.5 Å². The van der Waals surface area contributed by atoms with Crippen molar-refractivity contribution in [3.8, 4) is 22.6 Å². The van der Waals surface area contributed by atoms with Crippen LogP contribution in [-0.4, -0.2) is 20.1 Å². The van der Waals surface area contributed by atoms with Gasteiger partial charge in [0.2, 0.25) is 0 Å². The van der Waals surface area contributed by atoms with Crippen molar-refractivity contribution in [2.45, 2.75) is 6.17 Å². The topological polar surface area (TPSA) is 59.6 Å². The van der Waals surface area contributed by atoms with Crippen LogP contribution in [0.15, 0.2) is 53.9 Å². The Balaban J connectivity index is 1.68. The Morgan fingerprint density at radius 3 is 2.46 bits per heavy atom. The summed E-state index contributed by atoms with van der Waals surface area (Å²) in [4.78, 5) is 12.8. The number of benzene rings is 2. The number of carbonyl (C=O) groups is 1. The van der Waals surface area contributed by atoms with Crippen LogP contribution in [0, 0.1) is 0 Å². The molecule has 1 aliphatic heterocycles. The number of hydrogen-bond donors (Lipinski definition) is 2. The van der Waals surface area contributed by atoms with E-state index >= 15 is 0 Å². The van der Waals surface area contributed by atoms with Crippen LogP contribution < -0.4 is 20.1 Å². The molecule has 0 unspecified atom stereocenters. The van der Waals surface area contributed by atoms with Crippen LogP contribution in [-0.2, 0) is 0 Å². The second-order valence-electron chi connectivity index (χ2n) is 5.88. The Kier molecular flexibility index (Phi) is 4.26. The molecule has 4 rings (SSSR count). The third-order valence-corrected chi connectivity index (χ3v) is 5.31. The predicted molar refractivity (Wildman–Crippen MR) is 103 cm³/mol. The molecule has 0 saturated heterocycles. The number of methoxy groups -OCH3 is 2. The molecule has 0 saturated carbocycles. The lowest BCUT2D eigenvalue weighted by Gasteiger charge is -2.27. The minimum atomic E-state index is -0.322. The predicted octanol–water partition coefficient (Wildman–Crippen LogP) is 4.29. The zero-order chi connectivity index (χ0) is 18.1.